The maximum atomic E-state index is 4.83. The molecule has 0 atom stereocenters. The molecule has 5 heterocycles. The van der Waals surface area contributed by atoms with Crippen LogP contribution in [0.1, 0.15) is 11.1 Å². The summed E-state index contributed by atoms with van der Waals surface area (Å²) in [6, 6.07) is 7.11. The summed E-state index contributed by atoms with van der Waals surface area (Å²) in [5.74, 6) is 0. The number of likely N-dealkylation sites (N-methyl/N-ethyl adjacent to an activating group) is 1. The van der Waals surface area contributed by atoms with Gasteiger partial charge in [-0.1, -0.05) is 0 Å². The number of fused-ring (bicyclic) bond motifs is 2. The topological polar surface area (TPSA) is 52.8 Å². The zero-order chi connectivity index (χ0) is 21.8. The van der Waals surface area contributed by atoms with E-state index >= 15 is 0 Å². The smallest absolute Gasteiger partial charge is 0.162 e. The Kier molecular flexibility index (Phi) is 4.62. The van der Waals surface area contributed by atoms with Gasteiger partial charge in [0.1, 0.15) is 0 Å². The molecule has 7 nitrogen and oxygen atoms in total. The number of aromatic nitrogens is 4. The Bertz CT molecular complexity index is 1300. The fraction of sp³-hybridized carbons (Fsp3) is 0.400. The Morgan fingerprint density at radius 1 is 0.906 bits per heavy atom. The van der Waals surface area contributed by atoms with Gasteiger partial charge in [-0.2, -0.15) is 5.10 Å². The molecule has 0 radical (unpaired) electrons. The van der Waals surface area contributed by atoms with E-state index in [0.29, 0.717) is 6.04 Å². The first-order valence-corrected chi connectivity index (χ1v) is 11.4. The molecule has 3 aromatic heterocycles. The van der Waals surface area contributed by atoms with E-state index < -0.39 is 0 Å². The Morgan fingerprint density at radius 3 is 2.50 bits per heavy atom. The highest BCUT2D eigenvalue weighted by molar-refractivity contribution is 5.98. The van der Waals surface area contributed by atoms with Gasteiger partial charge in [0, 0.05) is 62.5 Å². The zero-order valence-corrected chi connectivity index (χ0v) is 19.0. The molecule has 0 spiro atoms. The number of rotatable bonds is 3. The van der Waals surface area contributed by atoms with Gasteiger partial charge in [-0.05, 0) is 55.8 Å². The van der Waals surface area contributed by atoms with Gasteiger partial charge in [-0.15, -0.1) is 0 Å². The van der Waals surface area contributed by atoms with Gasteiger partial charge in [-0.25, -0.2) is 9.50 Å². The van der Waals surface area contributed by atoms with Crippen molar-refractivity contribution in [1.82, 2.24) is 29.4 Å². The van der Waals surface area contributed by atoms with Crippen LogP contribution in [0, 0.1) is 13.8 Å². The fourth-order valence-corrected chi connectivity index (χ4v) is 4.94. The largest absolute Gasteiger partial charge is 0.366 e. The molecule has 4 aromatic rings. The molecule has 0 N–H and O–H groups in total. The molecule has 0 saturated carbocycles. The first kappa shape index (κ1) is 19.6. The predicted octanol–water partition coefficient (Wildman–Crippen LogP) is 3.00. The molecular weight excluding hydrogens is 398 g/mol. The van der Waals surface area contributed by atoms with Crippen molar-refractivity contribution < 1.29 is 0 Å². The van der Waals surface area contributed by atoms with E-state index in [2.05, 4.69) is 70.1 Å². The molecule has 0 aliphatic carbocycles. The molecule has 2 aliphatic heterocycles. The first-order chi connectivity index (χ1) is 15.6. The van der Waals surface area contributed by atoms with Crippen molar-refractivity contribution >= 4 is 22.2 Å². The van der Waals surface area contributed by atoms with Crippen LogP contribution in [-0.4, -0.2) is 81.7 Å². The number of hydrogen-bond acceptors (Lipinski definition) is 6. The summed E-state index contributed by atoms with van der Waals surface area (Å²) in [6.45, 7) is 11.1. The Labute approximate surface area is 188 Å². The van der Waals surface area contributed by atoms with Gasteiger partial charge in [0.25, 0.3) is 0 Å². The third-order valence-electron chi connectivity index (χ3n) is 7.27. The third-order valence-corrected chi connectivity index (χ3v) is 7.27. The SMILES string of the molecule is Cc1cc2nccc(-c3cnn4cc(N5CC(N6CCN(C)CC6)C5)cnc34)c2cc1C. The van der Waals surface area contributed by atoms with Crippen molar-refractivity contribution in [3.63, 3.8) is 0 Å². The highest BCUT2D eigenvalue weighted by Crippen LogP contribution is 2.32. The molecule has 2 fully saturated rings. The van der Waals surface area contributed by atoms with Crippen LogP contribution in [0.15, 0.2) is 43.0 Å². The van der Waals surface area contributed by atoms with Crippen LogP contribution in [0.2, 0.25) is 0 Å². The normalized spacial score (nSPS) is 18.5. The standard InChI is InChI=1S/C25H29N7/c1-17-10-22-21(4-5-26-24(22)11-18(17)2)23-13-28-32-16-19(12-27-25(23)32)31-14-20(15-31)30-8-6-29(3)7-9-30/h4-5,10-13,16,20H,6-9,14-15H2,1-3H3. The quantitative estimate of drug-likeness (QED) is 0.501. The second-order valence-corrected chi connectivity index (χ2v) is 9.35. The average Bonchev–Trinajstić information content (AvgIpc) is 3.18. The van der Waals surface area contributed by atoms with E-state index in [-0.39, 0.29) is 0 Å². The number of hydrogen-bond donors (Lipinski definition) is 0. The molecule has 6 rings (SSSR count). The van der Waals surface area contributed by atoms with E-state index in [1.165, 1.54) is 37.3 Å². The van der Waals surface area contributed by atoms with Crippen molar-refractivity contribution in [2.45, 2.75) is 19.9 Å². The number of nitrogens with zero attached hydrogens (tertiary/aromatic N) is 7. The lowest BCUT2D eigenvalue weighted by Gasteiger charge is -2.48. The predicted molar refractivity (Wildman–Crippen MR) is 128 cm³/mol. The summed E-state index contributed by atoms with van der Waals surface area (Å²) in [4.78, 5) is 16.9. The summed E-state index contributed by atoms with van der Waals surface area (Å²) < 4.78 is 1.92. The lowest BCUT2D eigenvalue weighted by molar-refractivity contribution is 0.0963. The molecular formula is C25H29N7. The summed E-state index contributed by atoms with van der Waals surface area (Å²) in [5, 5.41) is 5.80. The molecule has 32 heavy (non-hydrogen) atoms. The monoisotopic (exact) mass is 427 g/mol. The highest BCUT2D eigenvalue weighted by atomic mass is 15.4. The number of aryl methyl sites for hydroxylation is 2. The van der Waals surface area contributed by atoms with Crippen molar-refractivity contribution in [3.05, 3.63) is 54.1 Å². The molecule has 7 heteroatoms. The Morgan fingerprint density at radius 2 is 1.69 bits per heavy atom. The van der Waals surface area contributed by atoms with Crippen molar-refractivity contribution in [1.29, 1.82) is 0 Å². The van der Waals surface area contributed by atoms with Crippen molar-refractivity contribution in [2.24, 2.45) is 0 Å². The van der Waals surface area contributed by atoms with Gasteiger partial charge in [0.15, 0.2) is 5.65 Å². The third kappa shape index (κ3) is 3.24. The molecule has 2 saturated heterocycles. The van der Waals surface area contributed by atoms with E-state index in [9.17, 15) is 0 Å². The van der Waals surface area contributed by atoms with Crippen LogP contribution >= 0.6 is 0 Å². The number of anilines is 1. The molecule has 2 aliphatic rings. The minimum atomic E-state index is 0.655. The Balaban J connectivity index is 1.27. The molecule has 0 amide bonds. The van der Waals surface area contributed by atoms with Gasteiger partial charge in [-0.3, -0.25) is 9.88 Å². The van der Waals surface area contributed by atoms with Crippen LogP contribution in [-0.2, 0) is 0 Å². The van der Waals surface area contributed by atoms with Crippen LogP contribution in [0.25, 0.3) is 27.7 Å². The molecule has 0 bridgehead atoms. The van der Waals surface area contributed by atoms with Gasteiger partial charge >= 0.3 is 0 Å². The lowest BCUT2D eigenvalue weighted by Crippen LogP contribution is -2.63. The Hall–Kier alpha value is -3.03. The first-order valence-electron chi connectivity index (χ1n) is 11.4. The van der Waals surface area contributed by atoms with Crippen LogP contribution < -0.4 is 4.90 Å². The number of piperazine rings is 1. The van der Waals surface area contributed by atoms with Crippen molar-refractivity contribution in [3.8, 4) is 11.1 Å². The summed E-state index contributed by atoms with van der Waals surface area (Å²) in [6.07, 6.45) is 7.92. The second kappa shape index (κ2) is 7.53. The maximum Gasteiger partial charge on any atom is 0.162 e. The number of benzene rings is 1. The van der Waals surface area contributed by atoms with Crippen LogP contribution in [0.3, 0.4) is 0 Å². The van der Waals surface area contributed by atoms with E-state index in [4.69, 9.17) is 4.98 Å². The zero-order valence-electron chi connectivity index (χ0n) is 19.0. The summed E-state index contributed by atoms with van der Waals surface area (Å²) in [5.41, 5.74) is 7.75. The minimum absolute atomic E-state index is 0.655. The van der Waals surface area contributed by atoms with Crippen LogP contribution in [0.5, 0.6) is 0 Å². The van der Waals surface area contributed by atoms with E-state index in [1.807, 2.05) is 23.1 Å². The van der Waals surface area contributed by atoms with Crippen LogP contribution in [0.4, 0.5) is 5.69 Å². The molecule has 1 aromatic carbocycles. The fourth-order valence-electron chi connectivity index (χ4n) is 4.94. The maximum absolute atomic E-state index is 4.83. The van der Waals surface area contributed by atoms with Crippen molar-refractivity contribution in [2.75, 3.05) is 51.2 Å². The van der Waals surface area contributed by atoms with E-state index in [0.717, 1.165) is 46.5 Å². The number of pyridine rings is 1. The minimum Gasteiger partial charge on any atom is -0.366 e. The summed E-state index contributed by atoms with van der Waals surface area (Å²) in [7, 11) is 2.21. The van der Waals surface area contributed by atoms with Gasteiger partial charge < -0.3 is 9.80 Å². The summed E-state index contributed by atoms with van der Waals surface area (Å²) >= 11 is 0. The van der Waals surface area contributed by atoms with Gasteiger partial charge in [0.05, 0.1) is 29.8 Å². The second-order valence-electron chi connectivity index (χ2n) is 9.35. The van der Waals surface area contributed by atoms with Gasteiger partial charge in [0.2, 0.25) is 0 Å². The van der Waals surface area contributed by atoms with E-state index in [1.54, 1.807) is 0 Å². The average molecular weight is 428 g/mol. The lowest BCUT2D eigenvalue weighted by atomic mass is 9.99. The molecule has 164 valence electrons. The highest BCUT2D eigenvalue weighted by Gasteiger charge is 2.33. The molecule has 0 unspecified atom stereocenters.